The highest BCUT2D eigenvalue weighted by molar-refractivity contribution is 6.00. The first-order valence-corrected chi connectivity index (χ1v) is 11.2. The Morgan fingerprint density at radius 2 is 1.88 bits per heavy atom. The Morgan fingerprint density at radius 3 is 2.62 bits per heavy atom. The Bertz CT molecular complexity index is 1320. The lowest BCUT2D eigenvalue weighted by Gasteiger charge is -2.15. The highest BCUT2D eigenvalue weighted by Crippen LogP contribution is 2.32. The van der Waals surface area contributed by atoms with Crippen LogP contribution in [0.1, 0.15) is 28.5 Å². The van der Waals surface area contributed by atoms with E-state index >= 15 is 0 Å². The number of ether oxygens (including phenoxy) is 1. The Kier molecular flexibility index (Phi) is 7.01. The number of anilines is 1. The second kappa shape index (κ2) is 10.3. The van der Waals surface area contributed by atoms with Crippen LogP contribution in [0.25, 0.3) is 22.0 Å². The molecule has 1 amide bonds. The molecule has 0 bridgehead atoms. The van der Waals surface area contributed by atoms with Crippen molar-refractivity contribution in [1.29, 1.82) is 0 Å². The maximum atomic E-state index is 13.4. The summed E-state index contributed by atoms with van der Waals surface area (Å²) in [5.74, 6) is 1.02. The minimum Gasteiger partial charge on any atom is -0.491 e. The molecule has 0 aliphatic rings. The number of nitrogens with zero attached hydrogens (tertiary/aromatic N) is 2. The molecule has 0 spiro atoms. The molecule has 7 heteroatoms. The van der Waals surface area contributed by atoms with Crippen LogP contribution >= 0.6 is 0 Å². The van der Waals surface area contributed by atoms with Crippen molar-refractivity contribution in [3.05, 3.63) is 83.4 Å². The fourth-order valence-electron chi connectivity index (χ4n) is 3.91. The van der Waals surface area contributed by atoms with Crippen LogP contribution in [0.4, 0.5) is 10.2 Å². The van der Waals surface area contributed by atoms with Gasteiger partial charge in [-0.25, -0.2) is 14.4 Å². The van der Waals surface area contributed by atoms with E-state index in [0.29, 0.717) is 36.6 Å². The van der Waals surface area contributed by atoms with Gasteiger partial charge in [0.15, 0.2) is 0 Å². The summed E-state index contributed by atoms with van der Waals surface area (Å²) in [6, 6.07) is 15.6. The summed E-state index contributed by atoms with van der Waals surface area (Å²) in [4.78, 5) is 21.8. The van der Waals surface area contributed by atoms with Crippen molar-refractivity contribution < 1.29 is 13.9 Å². The summed E-state index contributed by atoms with van der Waals surface area (Å²) in [6.07, 6.45) is 2.27. The number of halogens is 1. The Balaban J connectivity index is 1.49. The van der Waals surface area contributed by atoms with E-state index < -0.39 is 0 Å². The lowest BCUT2D eigenvalue weighted by Crippen LogP contribution is -2.26. The number of nitrogens with one attached hydrogen (secondary N) is 2. The minimum atomic E-state index is -0.301. The highest BCUT2D eigenvalue weighted by Gasteiger charge is 2.14. The maximum Gasteiger partial charge on any atom is 0.251 e. The van der Waals surface area contributed by atoms with Gasteiger partial charge in [0.2, 0.25) is 0 Å². The molecule has 2 aromatic carbocycles. The number of aromatic nitrogens is 2. The maximum absolute atomic E-state index is 13.4. The summed E-state index contributed by atoms with van der Waals surface area (Å²) in [5.41, 5.74) is 3.81. The number of hydrogen-bond acceptors (Lipinski definition) is 5. The van der Waals surface area contributed by atoms with Crippen molar-refractivity contribution in [3.63, 3.8) is 0 Å². The van der Waals surface area contributed by atoms with Crippen molar-refractivity contribution in [2.24, 2.45) is 0 Å². The molecule has 0 radical (unpaired) electrons. The molecule has 0 unspecified atom stereocenters. The second-order valence-electron chi connectivity index (χ2n) is 7.90. The van der Waals surface area contributed by atoms with Gasteiger partial charge in [-0.15, -0.1) is 0 Å². The summed E-state index contributed by atoms with van der Waals surface area (Å²) < 4.78 is 19.2. The van der Waals surface area contributed by atoms with E-state index in [-0.39, 0.29) is 11.7 Å². The minimum absolute atomic E-state index is 0.147. The van der Waals surface area contributed by atoms with Crippen LogP contribution < -0.4 is 15.4 Å². The molecule has 6 nitrogen and oxygen atoms in total. The Morgan fingerprint density at radius 1 is 1.09 bits per heavy atom. The van der Waals surface area contributed by atoms with Gasteiger partial charge in [-0.3, -0.25) is 4.79 Å². The van der Waals surface area contributed by atoms with Crippen molar-refractivity contribution in [2.75, 3.05) is 25.5 Å². The van der Waals surface area contributed by atoms with E-state index in [1.807, 2.05) is 45.2 Å². The molecule has 4 rings (SSSR count). The number of carbonyl (C=O) groups excluding carboxylic acids is 1. The molecular formula is C27H27FN4O2. The summed E-state index contributed by atoms with van der Waals surface area (Å²) >= 11 is 0. The largest absolute Gasteiger partial charge is 0.491 e. The third kappa shape index (κ3) is 4.98. The number of fused-ring (bicyclic) bond motifs is 1. The van der Waals surface area contributed by atoms with Crippen molar-refractivity contribution in [2.45, 2.75) is 20.3 Å². The normalized spacial score (nSPS) is 10.8. The van der Waals surface area contributed by atoms with Crippen LogP contribution in [0, 0.1) is 12.7 Å². The molecule has 4 aromatic rings. The van der Waals surface area contributed by atoms with E-state index in [2.05, 4.69) is 15.6 Å². The van der Waals surface area contributed by atoms with Gasteiger partial charge in [-0.05, 0) is 79.4 Å². The monoisotopic (exact) mass is 458 g/mol. The summed E-state index contributed by atoms with van der Waals surface area (Å²) in [6.45, 7) is 4.81. The molecule has 0 saturated carbocycles. The third-order valence-electron chi connectivity index (χ3n) is 5.55. The van der Waals surface area contributed by atoms with Crippen molar-refractivity contribution in [3.8, 4) is 17.0 Å². The Labute approximate surface area is 198 Å². The number of aryl methyl sites for hydroxylation is 1. The first-order valence-electron chi connectivity index (χ1n) is 11.2. The average Bonchev–Trinajstić information content (AvgIpc) is 2.85. The van der Waals surface area contributed by atoms with Gasteiger partial charge >= 0.3 is 0 Å². The molecule has 0 aliphatic carbocycles. The first-order chi connectivity index (χ1) is 16.5. The zero-order chi connectivity index (χ0) is 24.1. The molecule has 2 aromatic heterocycles. The number of carbonyl (C=O) groups is 1. The number of rotatable bonds is 8. The molecule has 0 fully saturated rings. The SMILES string of the molecule is CCOc1c(C)cc(CCNC(=O)c2ccc3c(NC)nccc3c2)nc1-c1ccc(F)cc1. The third-order valence-corrected chi connectivity index (χ3v) is 5.55. The standard InChI is InChI=1S/C27H27FN4O2/c1-4-34-25-17(2)15-22(32-24(25)18-5-8-21(28)9-6-18)12-14-31-27(33)20-7-10-23-19(16-20)11-13-30-26(23)29-3/h5-11,13,15-16H,4,12,14H2,1-3H3,(H,29,30)(H,31,33). The molecular weight excluding hydrogens is 431 g/mol. The van der Waals surface area contributed by atoms with E-state index in [4.69, 9.17) is 9.72 Å². The van der Waals surface area contributed by atoms with E-state index in [1.165, 1.54) is 12.1 Å². The van der Waals surface area contributed by atoms with Gasteiger partial charge in [-0.2, -0.15) is 0 Å². The topological polar surface area (TPSA) is 76.1 Å². The molecule has 0 atom stereocenters. The number of pyridine rings is 2. The zero-order valence-electron chi connectivity index (χ0n) is 19.5. The molecule has 0 aliphatic heterocycles. The first kappa shape index (κ1) is 23.2. The lowest BCUT2D eigenvalue weighted by atomic mass is 10.1. The molecule has 174 valence electrons. The lowest BCUT2D eigenvalue weighted by molar-refractivity contribution is 0.0954. The van der Waals surface area contributed by atoms with Crippen LogP contribution in [-0.2, 0) is 6.42 Å². The smallest absolute Gasteiger partial charge is 0.251 e. The predicted octanol–water partition coefficient (Wildman–Crippen LogP) is 5.16. The highest BCUT2D eigenvalue weighted by atomic mass is 19.1. The molecule has 2 N–H and O–H groups in total. The van der Waals surface area contributed by atoms with Crippen molar-refractivity contribution in [1.82, 2.24) is 15.3 Å². The van der Waals surface area contributed by atoms with Gasteiger partial charge in [0, 0.05) is 48.4 Å². The molecule has 2 heterocycles. The summed E-state index contributed by atoms with van der Waals surface area (Å²) in [5, 5.41) is 7.94. The number of hydrogen-bond donors (Lipinski definition) is 2. The van der Waals surface area contributed by atoms with Crippen LogP contribution in [0.2, 0.25) is 0 Å². The van der Waals surface area contributed by atoms with Gasteiger partial charge in [0.1, 0.15) is 23.1 Å². The second-order valence-corrected chi connectivity index (χ2v) is 7.90. The van der Waals surface area contributed by atoms with Gasteiger partial charge < -0.3 is 15.4 Å². The average molecular weight is 459 g/mol. The van der Waals surface area contributed by atoms with Crippen LogP contribution in [0.15, 0.2) is 60.8 Å². The van der Waals surface area contributed by atoms with Crippen LogP contribution in [0.5, 0.6) is 5.75 Å². The van der Waals surface area contributed by atoms with E-state index in [0.717, 1.165) is 33.4 Å². The fourth-order valence-corrected chi connectivity index (χ4v) is 3.91. The number of benzene rings is 2. The van der Waals surface area contributed by atoms with Crippen LogP contribution in [0.3, 0.4) is 0 Å². The summed E-state index contributed by atoms with van der Waals surface area (Å²) in [7, 11) is 1.82. The van der Waals surface area contributed by atoms with Gasteiger partial charge in [0.05, 0.1) is 6.61 Å². The van der Waals surface area contributed by atoms with Crippen LogP contribution in [-0.4, -0.2) is 36.1 Å². The number of amides is 1. The molecule has 0 saturated heterocycles. The quantitative estimate of drug-likeness (QED) is 0.382. The van der Waals surface area contributed by atoms with Gasteiger partial charge in [-0.1, -0.05) is 0 Å². The molecule has 34 heavy (non-hydrogen) atoms. The van der Waals surface area contributed by atoms with E-state index in [1.54, 1.807) is 24.4 Å². The predicted molar refractivity (Wildman–Crippen MR) is 133 cm³/mol. The van der Waals surface area contributed by atoms with Crippen molar-refractivity contribution >= 4 is 22.5 Å². The Hall–Kier alpha value is -4.00. The van der Waals surface area contributed by atoms with Gasteiger partial charge in [0.25, 0.3) is 5.91 Å². The fraction of sp³-hybridized carbons (Fsp3) is 0.222. The zero-order valence-corrected chi connectivity index (χ0v) is 19.5. The van der Waals surface area contributed by atoms with E-state index in [9.17, 15) is 9.18 Å².